The van der Waals surface area contributed by atoms with E-state index in [4.69, 9.17) is 0 Å². The first-order valence-corrected chi connectivity index (χ1v) is 7.51. The van der Waals surface area contributed by atoms with Crippen molar-refractivity contribution in [3.05, 3.63) is 70.8 Å². The van der Waals surface area contributed by atoms with E-state index in [2.05, 4.69) is 64.1 Å². The van der Waals surface area contributed by atoms with Gasteiger partial charge in [-0.2, -0.15) is 0 Å². The van der Waals surface area contributed by atoms with Crippen molar-refractivity contribution in [1.82, 2.24) is 0 Å². The number of hydrogen-bond acceptors (Lipinski definition) is 1. The molecule has 2 aromatic carbocycles. The summed E-state index contributed by atoms with van der Waals surface area (Å²) in [6, 6.07) is 16.9. The second-order valence-electron chi connectivity index (χ2n) is 6.81. The summed E-state index contributed by atoms with van der Waals surface area (Å²) in [4.78, 5) is 11.4. The Morgan fingerprint density at radius 3 is 2.24 bits per heavy atom. The van der Waals surface area contributed by atoms with E-state index >= 15 is 0 Å². The predicted molar refractivity (Wildman–Crippen MR) is 88.8 cm³/mol. The van der Waals surface area contributed by atoms with Gasteiger partial charge in [0.2, 0.25) is 0 Å². The molecule has 0 aliphatic heterocycles. The highest BCUT2D eigenvalue weighted by Crippen LogP contribution is 2.24. The van der Waals surface area contributed by atoms with Crippen molar-refractivity contribution in [1.29, 1.82) is 0 Å². The molecule has 0 heterocycles. The topological polar surface area (TPSA) is 17.1 Å². The molecule has 0 bridgehead atoms. The first kappa shape index (κ1) is 15.5. The van der Waals surface area contributed by atoms with Crippen LogP contribution in [0.25, 0.3) is 0 Å². The van der Waals surface area contributed by atoms with E-state index in [0.29, 0.717) is 0 Å². The minimum absolute atomic E-state index is 0.0645. The van der Waals surface area contributed by atoms with Crippen LogP contribution in [-0.2, 0) is 16.6 Å². The minimum atomic E-state index is -0.0645. The van der Waals surface area contributed by atoms with Gasteiger partial charge in [-0.1, -0.05) is 74.9 Å². The van der Waals surface area contributed by atoms with Crippen molar-refractivity contribution in [3.63, 3.8) is 0 Å². The number of carbonyl (C=O) groups excluding carboxylic acids is 1. The van der Waals surface area contributed by atoms with Gasteiger partial charge >= 0.3 is 0 Å². The lowest BCUT2D eigenvalue weighted by molar-refractivity contribution is -0.109. The molecule has 2 aromatic rings. The molecular formula is C20H24O. The minimum Gasteiger partial charge on any atom is -0.303 e. The van der Waals surface area contributed by atoms with Crippen LogP contribution in [0.15, 0.2) is 48.5 Å². The fourth-order valence-corrected chi connectivity index (χ4v) is 2.54. The first-order chi connectivity index (χ1) is 9.90. The molecule has 0 spiro atoms. The zero-order valence-electron chi connectivity index (χ0n) is 13.4. The molecule has 110 valence electrons. The maximum atomic E-state index is 11.4. The maximum absolute atomic E-state index is 11.4. The Kier molecular flexibility index (Phi) is 4.62. The smallest absolute Gasteiger partial charge is 0.127 e. The highest BCUT2D eigenvalue weighted by Gasteiger charge is 2.15. The van der Waals surface area contributed by atoms with E-state index in [1.54, 1.807) is 0 Å². The number of aldehydes is 1. The summed E-state index contributed by atoms with van der Waals surface area (Å²) < 4.78 is 0. The van der Waals surface area contributed by atoms with Crippen LogP contribution in [0.2, 0.25) is 0 Å². The second kappa shape index (κ2) is 6.26. The van der Waals surface area contributed by atoms with Gasteiger partial charge in [0, 0.05) is 5.92 Å². The zero-order valence-corrected chi connectivity index (χ0v) is 13.4. The van der Waals surface area contributed by atoms with Crippen LogP contribution >= 0.6 is 0 Å². The Morgan fingerprint density at radius 1 is 1.05 bits per heavy atom. The third-order valence-corrected chi connectivity index (χ3v) is 3.91. The molecule has 0 aliphatic rings. The highest BCUT2D eigenvalue weighted by atomic mass is 16.1. The first-order valence-electron chi connectivity index (χ1n) is 7.51. The number of hydrogen-bond donors (Lipinski definition) is 0. The third kappa shape index (κ3) is 4.04. The molecule has 2 rings (SSSR count). The summed E-state index contributed by atoms with van der Waals surface area (Å²) >= 11 is 0. The van der Waals surface area contributed by atoms with Crippen molar-refractivity contribution < 1.29 is 4.79 Å². The van der Waals surface area contributed by atoms with Gasteiger partial charge in [0.05, 0.1) is 0 Å². The molecule has 0 aliphatic carbocycles. The Bertz CT molecular complexity index is 602. The van der Waals surface area contributed by atoms with Crippen molar-refractivity contribution in [2.24, 2.45) is 0 Å². The summed E-state index contributed by atoms with van der Waals surface area (Å²) in [6.07, 6.45) is 1.82. The molecule has 21 heavy (non-hydrogen) atoms. The van der Waals surface area contributed by atoms with Crippen LogP contribution in [0.1, 0.15) is 48.9 Å². The van der Waals surface area contributed by atoms with E-state index in [1.807, 2.05) is 12.1 Å². The Labute approximate surface area is 128 Å². The zero-order chi connectivity index (χ0) is 15.5. The fraction of sp³-hybridized carbons (Fsp3) is 0.350. The van der Waals surface area contributed by atoms with Gasteiger partial charge in [0.1, 0.15) is 6.29 Å². The Hall–Kier alpha value is -1.89. The third-order valence-electron chi connectivity index (χ3n) is 3.91. The number of benzene rings is 2. The maximum Gasteiger partial charge on any atom is 0.127 e. The summed E-state index contributed by atoms with van der Waals surface area (Å²) in [6.45, 7) is 8.69. The fourth-order valence-electron chi connectivity index (χ4n) is 2.54. The number of aryl methyl sites for hydroxylation is 1. The van der Waals surface area contributed by atoms with Gasteiger partial charge in [-0.15, -0.1) is 0 Å². The standard InChI is InChI=1S/C20H24O/c1-15-6-5-7-17(12-15)18(14-21)13-16-8-10-19(11-9-16)20(2,3)4/h5-12,14,18H,13H2,1-4H3. The summed E-state index contributed by atoms with van der Waals surface area (Å²) in [5.74, 6) is -0.0645. The van der Waals surface area contributed by atoms with Gasteiger partial charge < -0.3 is 4.79 Å². The lowest BCUT2D eigenvalue weighted by Crippen LogP contribution is -2.11. The SMILES string of the molecule is Cc1cccc(C(C=O)Cc2ccc(C(C)(C)C)cc2)c1. The molecule has 1 atom stereocenters. The predicted octanol–water partition coefficient (Wildman–Crippen LogP) is 4.82. The van der Waals surface area contributed by atoms with Crippen LogP contribution in [-0.4, -0.2) is 6.29 Å². The van der Waals surface area contributed by atoms with Crippen LogP contribution < -0.4 is 0 Å². The molecule has 0 aromatic heterocycles. The largest absolute Gasteiger partial charge is 0.303 e. The van der Waals surface area contributed by atoms with Gasteiger partial charge in [0.25, 0.3) is 0 Å². The van der Waals surface area contributed by atoms with E-state index in [0.717, 1.165) is 18.3 Å². The van der Waals surface area contributed by atoms with E-state index in [9.17, 15) is 4.79 Å². The average Bonchev–Trinajstić information content (AvgIpc) is 2.44. The molecule has 0 fully saturated rings. The molecule has 0 N–H and O–H groups in total. The average molecular weight is 280 g/mol. The lowest BCUT2D eigenvalue weighted by atomic mass is 9.85. The van der Waals surface area contributed by atoms with E-state index in [1.165, 1.54) is 16.7 Å². The molecule has 1 nitrogen and oxygen atoms in total. The van der Waals surface area contributed by atoms with E-state index in [-0.39, 0.29) is 11.3 Å². The molecule has 0 radical (unpaired) electrons. The van der Waals surface area contributed by atoms with Gasteiger partial charge in [-0.05, 0) is 35.4 Å². The summed E-state index contributed by atoms with van der Waals surface area (Å²) in [7, 11) is 0. The monoisotopic (exact) mass is 280 g/mol. The molecular weight excluding hydrogens is 256 g/mol. The molecule has 0 saturated carbocycles. The Morgan fingerprint density at radius 2 is 1.71 bits per heavy atom. The summed E-state index contributed by atoms with van der Waals surface area (Å²) in [5, 5.41) is 0. The normalized spacial score (nSPS) is 13.0. The second-order valence-corrected chi connectivity index (χ2v) is 6.81. The molecule has 0 amide bonds. The molecule has 1 unspecified atom stereocenters. The van der Waals surface area contributed by atoms with Crippen molar-refractivity contribution >= 4 is 6.29 Å². The highest BCUT2D eigenvalue weighted by molar-refractivity contribution is 5.63. The molecule has 0 saturated heterocycles. The quantitative estimate of drug-likeness (QED) is 0.734. The van der Waals surface area contributed by atoms with Crippen molar-refractivity contribution in [2.75, 3.05) is 0 Å². The van der Waals surface area contributed by atoms with Crippen molar-refractivity contribution in [2.45, 2.75) is 45.4 Å². The number of rotatable bonds is 4. The van der Waals surface area contributed by atoms with Crippen LogP contribution in [0.5, 0.6) is 0 Å². The Balaban J connectivity index is 2.17. The lowest BCUT2D eigenvalue weighted by Gasteiger charge is -2.19. The van der Waals surface area contributed by atoms with Crippen molar-refractivity contribution in [3.8, 4) is 0 Å². The summed E-state index contributed by atoms with van der Waals surface area (Å²) in [5.41, 5.74) is 5.00. The number of carbonyl (C=O) groups is 1. The molecule has 1 heteroatoms. The van der Waals surface area contributed by atoms with Gasteiger partial charge in [-0.3, -0.25) is 0 Å². The van der Waals surface area contributed by atoms with Gasteiger partial charge in [0.15, 0.2) is 0 Å². The van der Waals surface area contributed by atoms with Crippen LogP contribution in [0.4, 0.5) is 0 Å². The van der Waals surface area contributed by atoms with Crippen LogP contribution in [0, 0.1) is 6.92 Å². The van der Waals surface area contributed by atoms with E-state index < -0.39 is 0 Å². The van der Waals surface area contributed by atoms with Crippen LogP contribution in [0.3, 0.4) is 0 Å². The van der Waals surface area contributed by atoms with Gasteiger partial charge in [-0.25, -0.2) is 0 Å².